The third-order valence-electron chi connectivity index (χ3n) is 7.83. The topological polar surface area (TPSA) is 121 Å². The van der Waals surface area contributed by atoms with E-state index in [0.29, 0.717) is 40.4 Å². The van der Waals surface area contributed by atoms with Crippen LogP contribution in [-0.2, 0) is 22.5 Å². The van der Waals surface area contributed by atoms with Crippen LogP contribution < -0.4 is 5.56 Å². The number of imidazole rings is 1. The van der Waals surface area contributed by atoms with Gasteiger partial charge in [-0.15, -0.1) is 10.2 Å². The maximum absolute atomic E-state index is 14.4. The van der Waals surface area contributed by atoms with Crippen LogP contribution in [0.2, 0.25) is 5.02 Å². The number of nitrogens with zero attached hydrogens (tertiary/aromatic N) is 6. The highest BCUT2D eigenvalue weighted by molar-refractivity contribution is 6.31. The fourth-order valence-corrected chi connectivity index (χ4v) is 5.90. The number of aromatic nitrogens is 7. The van der Waals surface area contributed by atoms with Gasteiger partial charge in [-0.05, 0) is 54.3 Å². The molecule has 11 heteroatoms. The normalized spacial score (nSPS) is 12.1. The van der Waals surface area contributed by atoms with E-state index in [1.807, 2.05) is 53.1 Å². The van der Waals surface area contributed by atoms with Crippen molar-refractivity contribution in [3.63, 3.8) is 0 Å². The number of tetrazole rings is 1. The second-order valence-corrected chi connectivity index (χ2v) is 11.8. The van der Waals surface area contributed by atoms with Gasteiger partial charge in [0.1, 0.15) is 11.3 Å². The third-order valence-corrected chi connectivity index (χ3v) is 8.17. The number of nitrogens with one attached hydrogen (secondary N) is 1. The van der Waals surface area contributed by atoms with Crippen molar-refractivity contribution in [2.45, 2.75) is 58.7 Å². The Labute approximate surface area is 271 Å². The van der Waals surface area contributed by atoms with Crippen molar-refractivity contribution in [3.05, 3.63) is 117 Å². The van der Waals surface area contributed by atoms with Crippen molar-refractivity contribution in [1.82, 2.24) is 34.7 Å². The molecule has 6 aromatic rings. The molecule has 0 fully saturated rings. The van der Waals surface area contributed by atoms with Gasteiger partial charge in [-0.2, -0.15) is 5.21 Å². The summed E-state index contributed by atoms with van der Waals surface area (Å²) in [4.78, 5) is 32.7. The maximum Gasteiger partial charge on any atom is 0.334 e. The van der Waals surface area contributed by atoms with Gasteiger partial charge in [-0.1, -0.05) is 91.7 Å². The number of aromatic amines is 1. The number of carbonyl (C=O) groups excluding carboxylic acids is 1. The van der Waals surface area contributed by atoms with Crippen molar-refractivity contribution in [2.24, 2.45) is 0 Å². The molecule has 3 aromatic carbocycles. The first-order chi connectivity index (χ1) is 22.4. The summed E-state index contributed by atoms with van der Waals surface area (Å²) in [5, 5.41) is 14.9. The lowest BCUT2D eigenvalue weighted by Crippen LogP contribution is -2.33. The van der Waals surface area contributed by atoms with Crippen LogP contribution in [0.25, 0.3) is 33.5 Å². The zero-order valence-corrected chi connectivity index (χ0v) is 26.6. The molecular weight excluding hydrogens is 602 g/mol. The zero-order chi connectivity index (χ0) is 32.2. The van der Waals surface area contributed by atoms with Crippen LogP contribution in [-0.4, -0.2) is 46.8 Å². The highest BCUT2D eigenvalue weighted by Gasteiger charge is 2.29. The summed E-state index contributed by atoms with van der Waals surface area (Å²) < 4.78 is 9.00. The first-order valence-electron chi connectivity index (χ1n) is 15.3. The number of H-pyrrole nitrogens is 1. The largest absolute Gasteiger partial charge is 0.461 e. The summed E-state index contributed by atoms with van der Waals surface area (Å²) in [6.07, 6.45) is 3.86. The molecule has 0 radical (unpaired) electrons. The molecule has 1 N–H and O–H groups in total. The van der Waals surface area contributed by atoms with Crippen LogP contribution in [0.4, 0.5) is 0 Å². The number of carbonyl (C=O) groups is 1. The Hall–Kier alpha value is -5.09. The molecule has 0 aliphatic carbocycles. The molecule has 1 unspecified atom stereocenters. The fourth-order valence-electron chi connectivity index (χ4n) is 5.66. The Balaban J connectivity index is 1.42. The van der Waals surface area contributed by atoms with Crippen LogP contribution in [0, 0.1) is 0 Å². The molecule has 0 spiro atoms. The first kappa shape index (κ1) is 30.9. The van der Waals surface area contributed by atoms with Crippen molar-refractivity contribution in [3.8, 4) is 22.5 Å². The molecule has 0 aliphatic heterocycles. The van der Waals surface area contributed by atoms with E-state index in [4.69, 9.17) is 21.3 Å². The van der Waals surface area contributed by atoms with Crippen molar-refractivity contribution in [1.29, 1.82) is 0 Å². The van der Waals surface area contributed by atoms with E-state index in [-0.39, 0.29) is 11.7 Å². The lowest BCUT2D eigenvalue weighted by atomic mass is 9.98. The number of esters is 1. The van der Waals surface area contributed by atoms with Crippen molar-refractivity contribution < 1.29 is 9.53 Å². The number of rotatable bonds is 11. The third kappa shape index (κ3) is 6.21. The van der Waals surface area contributed by atoms with Crippen LogP contribution in [0.15, 0.2) is 89.9 Å². The number of pyridine rings is 1. The number of hydrogen-bond acceptors (Lipinski definition) is 7. The van der Waals surface area contributed by atoms with E-state index in [1.54, 1.807) is 50.4 Å². The van der Waals surface area contributed by atoms with E-state index in [9.17, 15) is 9.59 Å². The molecule has 6 rings (SSSR count). The molecule has 0 amide bonds. The molecule has 0 saturated carbocycles. The van der Waals surface area contributed by atoms with Gasteiger partial charge in [0.25, 0.3) is 5.56 Å². The second kappa shape index (κ2) is 13.5. The predicted octanol–water partition coefficient (Wildman–Crippen LogP) is 6.63. The van der Waals surface area contributed by atoms with Crippen molar-refractivity contribution >= 4 is 28.6 Å². The summed E-state index contributed by atoms with van der Waals surface area (Å²) in [5.41, 5.74) is 5.00. The molecule has 234 valence electrons. The maximum atomic E-state index is 14.4. The summed E-state index contributed by atoms with van der Waals surface area (Å²) in [7, 11) is 0. The summed E-state index contributed by atoms with van der Waals surface area (Å²) in [5.74, 6) is 0.782. The summed E-state index contributed by atoms with van der Waals surface area (Å²) in [6.45, 7) is 6.10. The number of unbranched alkanes of at least 4 members (excludes halogenated alkanes) is 1. The van der Waals surface area contributed by atoms with Crippen LogP contribution >= 0.6 is 11.6 Å². The Bertz CT molecular complexity index is 2030. The number of benzene rings is 3. The van der Waals surface area contributed by atoms with Crippen molar-refractivity contribution in [2.75, 3.05) is 0 Å². The average molecular weight is 636 g/mol. The smallest absolute Gasteiger partial charge is 0.334 e. The van der Waals surface area contributed by atoms with E-state index in [1.165, 1.54) is 4.57 Å². The molecule has 0 bridgehead atoms. The highest BCUT2D eigenvalue weighted by Crippen LogP contribution is 2.31. The molecule has 3 heterocycles. The lowest BCUT2D eigenvalue weighted by Gasteiger charge is -2.21. The van der Waals surface area contributed by atoms with E-state index >= 15 is 0 Å². The fraction of sp³-hybridized carbons (Fsp3) is 0.257. The van der Waals surface area contributed by atoms with Gasteiger partial charge in [-0.25, -0.2) is 9.78 Å². The summed E-state index contributed by atoms with van der Waals surface area (Å²) >= 11 is 6.56. The van der Waals surface area contributed by atoms with Gasteiger partial charge >= 0.3 is 5.97 Å². The molecular formula is C35H34ClN7O3. The van der Waals surface area contributed by atoms with Gasteiger partial charge in [0, 0.05) is 35.3 Å². The highest BCUT2D eigenvalue weighted by atomic mass is 35.5. The monoisotopic (exact) mass is 635 g/mol. The standard InChI is InChI=1S/C35H34ClN7O3/c1-4-5-14-30-37-29-19-20-42(31(35(45)46-22(2)3)27-12-8-9-13-28(27)36)34(44)32(29)43(30)21-23-15-17-24(18-16-23)25-10-6-7-11-26(25)33-38-40-41-39-33/h6-13,15-20,22,31H,4-5,14,21H2,1-3H3,(H,38,39,40,41). The first-order valence-corrected chi connectivity index (χ1v) is 15.7. The summed E-state index contributed by atoms with van der Waals surface area (Å²) in [6, 6.07) is 23.8. The van der Waals surface area contributed by atoms with Gasteiger partial charge in [-0.3, -0.25) is 9.36 Å². The minimum absolute atomic E-state index is 0.343. The van der Waals surface area contributed by atoms with E-state index in [0.717, 1.165) is 40.9 Å². The molecule has 3 aromatic heterocycles. The van der Waals surface area contributed by atoms with Gasteiger partial charge in [0.2, 0.25) is 5.82 Å². The Morgan fingerprint density at radius 3 is 2.41 bits per heavy atom. The van der Waals surface area contributed by atoms with Crippen LogP contribution in [0.3, 0.4) is 0 Å². The quantitative estimate of drug-likeness (QED) is 0.159. The molecule has 46 heavy (non-hydrogen) atoms. The number of ether oxygens (including phenoxy) is 1. The van der Waals surface area contributed by atoms with Gasteiger partial charge in [0.05, 0.1) is 11.6 Å². The SMILES string of the molecule is CCCCc1nc2ccn(C(C(=O)OC(C)C)c3ccccc3Cl)c(=O)c2n1Cc1ccc(-c2ccccc2-c2nn[nH]n2)cc1. The van der Waals surface area contributed by atoms with Gasteiger partial charge < -0.3 is 9.30 Å². The van der Waals surface area contributed by atoms with E-state index < -0.39 is 12.0 Å². The predicted molar refractivity (Wildman–Crippen MR) is 178 cm³/mol. The number of fused-ring (bicyclic) bond motifs is 1. The minimum atomic E-state index is -1.06. The molecule has 10 nitrogen and oxygen atoms in total. The molecule has 1 atom stereocenters. The lowest BCUT2D eigenvalue weighted by molar-refractivity contribution is -0.150. The molecule has 0 saturated heterocycles. The number of halogens is 1. The minimum Gasteiger partial charge on any atom is -0.461 e. The second-order valence-electron chi connectivity index (χ2n) is 11.4. The van der Waals surface area contributed by atoms with Crippen LogP contribution in [0.1, 0.15) is 56.6 Å². The Kier molecular flexibility index (Phi) is 9.07. The van der Waals surface area contributed by atoms with E-state index in [2.05, 4.69) is 27.5 Å². The van der Waals surface area contributed by atoms with Gasteiger partial charge in [0.15, 0.2) is 6.04 Å². The molecule has 0 aliphatic rings. The van der Waals surface area contributed by atoms with Crippen LogP contribution in [0.5, 0.6) is 0 Å². The zero-order valence-electron chi connectivity index (χ0n) is 25.9. The number of hydrogen-bond donors (Lipinski definition) is 1. The Morgan fingerprint density at radius 1 is 0.978 bits per heavy atom. The average Bonchev–Trinajstić information content (AvgIpc) is 3.71. The number of aryl methyl sites for hydroxylation is 1. The Morgan fingerprint density at radius 2 is 1.72 bits per heavy atom.